The van der Waals surface area contributed by atoms with Gasteiger partial charge in [0.05, 0.1) is 12.2 Å². The SMILES string of the molecule is Cc1nc(CN2CC3(CCCCC3)NCCC2C)sc1C. The third-order valence-electron chi connectivity index (χ3n) is 5.41. The lowest BCUT2D eigenvalue weighted by Crippen LogP contribution is -2.53. The minimum atomic E-state index is 0.379. The highest BCUT2D eigenvalue weighted by Crippen LogP contribution is 2.32. The van der Waals surface area contributed by atoms with Gasteiger partial charge >= 0.3 is 0 Å². The van der Waals surface area contributed by atoms with Crippen molar-refractivity contribution in [2.75, 3.05) is 13.1 Å². The zero-order chi connectivity index (χ0) is 14.9. The van der Waals surface area contributed by atoms with Crippen LogP contribution in [0.3, 0.4) is 0 Å². The van der Waals surface area contributed by atoms with Gasteiger partial charge in [-0.3, -0.25) is 4.90 Å². The number of nitrogens with zero attached hydrogens (tertiary/aromatic N) is 2. The summed E-state index contributed by atoms with van der Waals surface area (Å²) < 4.78 is 0. The molecule has 0 bridgehead atoms. The molecule has 0 aromatic carbocycles. The predicted octanol–water partition coefficient (Wildman–Crippen LogP) is 3.65. The van der Waals surface area contributed by atoms with Gasteiger partial charge in [-0.15, -0.1) is 11.3 Å². The van der Waals surface area contributed by atoms with Crippen molar-refractivity contribution in [2.45, 2.75) is 77.4 Å². The second-order valence-corrected chi connectivity index (χ2v) is 8.35. The van der Waals surface area contributed by atoms with Gasteiger partial charge in [-0.25, -0.2) is 4.98 Å². The highest BCUT2D eigenvalue weighted by atomic mass is 32.1. The third-order valence-corrected chi connectivity index (χ3v) is 6.47. The van der Waals surface area contributed by atoms with Crippen LogP contribution in [0.2, 0.25) is 0 Å². The van der Waals surface area contributed by atoms with Gasteiger partial charge in [-0.1, -0.05) is 19.3 Å². The van der Waals surface area contributed by atoms with E-state index in [0.717, 1.165) is 6.54 Å². The summed E-state index contributed by atoms with van der Waals surface area (Å²) in [7, 11) is 0. The van der Waals surface area contributed by atoms with E-state index in [1.54, 1.807) is 0 Å². The van der Waals surface area contributed by atoms with Crippen LogP contribution in [-0.2, 0) is 6.54 Å². The first-order valence-corrected chi connectivity index (χ1v) is 9.32. The molecule has 1 aliphatic carbocycles. The molecular formula is C17H29N3S. The second-order valence-electron chi connectivity index (χ2n) is 7.06. The molecule has 1 unspecified atom stereocenters. The van der Waals surface area contributed by atoms with Gasteiger partial charge in [0.1, 0.15) is 5.01 Å². The molecule has 4 heteroatoms. The molecule has 0 amide bonds. The van der Waals surface area contributed by atoms with Crippen LogP contribution in [0.5, 0.6) is 0 Å². The van der Waals surface area contributed by atoms with Crippen molar-refractivity contribution in [1.82, 2.24) is 15.2 Å². The van der Waals surface area contributed by atoms with Crippen LogP contribution in [0.25, 0.3) is 0 Å². The summed E-state index contributed by atoms with van der Waals surface area (Å²) in [5.74, 6) is 0. The Bertz CT molecular complexity index is 457. The molecule has 1 saturated carbocycles. The molecule has 21 heavy (non-hydrogen) atoms. The average Bonchev–Trinajstić information content (AvgIpc) is 2.69. The Morgan fingerprint density at radius 1 is 1.29 bits per heavy atom. The largest absolute Gasteiger partial charge is 0.310 e. The predicted molar refractivity (Wildman–Crippen MR) is 89.9 cm³/mol. The Balaban J connectivity index is 1.74. The molecular weight excluding hydrogens is 278 g/mol. The van der Waals surface area contributed by atoms with Crippen molar-refractivity contribution in [3.05, 3.63) is 15.6 Å². The lowest BCUT2D eigenvalue weighted by Gasteiger charge is -2.40. The van der Waals surface area contributed by atoms with Gasteiger partial charge in [-0.2, -0.15) is 0 Å². The zero-order valence-corrected chi connectivity index (χ0v) is 14.6. The lowest BCUT2D eigenvalue weighted by molar-refractivity contribution is 0.131. The van der Waals surface area contributed by atoms with E-state index in [2.05, 4.69) is 31.0 Å². The van der Waals surface area contributed by atoms with E-state index in [0.29, 0.717) is 11.6 Å². The minimum Gasteiger partial charge on any atom is -0.310 e. The number of aryl methyl sites for hydroxylation is 2. The molecule has 0 radical (unpaired) electrons. The van der Waals surface area contributed by atoms with Crippen LogP contribution in [0.1, 0.15) is 61.0 Å². The number of aromatic nitrogens is 1. The first-order valence-electron chi connectivity index (χ1n) is 8.50. The van der Waals surface area contributed by atoms with Gasteiger partial charge in [0.25, 0.3) is 0 Å². The van der Waals surface area contributed by atoms with Crippen molar-refractivity contribution in [3.63, 3.8) is 0 Å². The quantitative estimate of drug-likeness (QED) is 0.904. The molecule has 2 aliphatic rings. The maximum absolute atomic E-state index is 4.76. The summed E-state index contributed by atoms with van der Waals surface area (Å²) in [6.07, 6.45) is 8.17. The molecule has 1 spiro atoms. The Hall–Kier alpha value is -0.450. The van der Waals surface area contributed by atoms with E-state index < -0.39 is 0 Å². The molecule has 3 nitrogen and oxygen atoms in total. The fraction of sp³-hybridized carbons (Fsp3) is 0.824. The molecule has 1 N–H and O–H groups in total. The molecule has 1 aromatic rings. The Morgan fingerprint density at radius 2 is 2.05 bits per heavy atom. The van der Waals surface area contributed by atoms with Crippen molar-refractivity contribution < 1.29 is 0 Å². The maximum atomic E-state index is 4.76. The van der Waals surface area contributed by atoms with E-state index in [1.807, 2.05) is 11.3 Å². The summed E-state index contributed by atoms with van der Waals surface area (Å²) in [6, 6.07) is 0.656. The van der Waals surface area contributed by atoms with E-state index >= 15 is 0 Å². The van der Waals surface area contributed by atoms with Crippen LogP contribution in [-0.4, -0.2) is 34.6 Å². The van der Waals surface area contributed by atoms with Gasteiger partial charge < -0.3 is 5.32 Å². The number of rotatable bonds is 2. The molecule has 2 heterocycles. The van der Waals surface area contributed by atoms with Crippen LogP contribution >= 0.6 is 11.3 Å². The fourth-order valence-corrected chi connectivity index (χ4v) is 4.84. The Labute approximate surface area is 133 Å². The van der Waals surface area contributed by atoms with E-state index in [4.69, 9.17) is 4.98 Å². The molecule has 1 atom stereocenters. The zero-order valence-electron chi connectivity index (χ0n) is 13.7. The van der Waals surface area contributed by atoms with E-state index in [-0.39, 0.29) is 0 Å². The van der Waals surface area contributed by atoms with Crippen LogP contribution in [0, 0.1) is 13.8 Å². The van der Waals surface area contributed by atoms with Gasteiger partial charge in [-0.05, 0) is 46.6 Å². The highest BCUT2D eigenvalue weighted by molar-refractivity contribution is 7.11. The Morgan fingerprint density at radius 3 is 2.71 bits per heavy atom. The van der Waals surface area contributed by atoms with Crippen molar-refractivity contribution in [3.8, 4) is 0 Å². The summed E-state index contributed by atoms with van der Waals surface area (Å²) in [5.41, 5.74) is 1.59. The summed E-state index contributed by atoms with van der Waals surface area (Å²) in [4.78, 5) is 8.82. The monoisotopic (exact) mass is 307 g/mol. The molecule has 118 valence electrons. The fourth-order valence-electron chi connectivity index (χ4n) is 3.89. The highest BCUT2D eigenvalue weighted by Gasteiger charge is 2.36. The standard InChI is InChI=1S/C17H29N3S/c1-13-7-10-18-17(8-5-4-6-9-17)12-20(13)11-16-19-14(2)15(3)21-16/h13,18H,4-12H2,1-3H3. The first-order chi connectivity index (χ1) is 10.1. The first kappa shape index (κ1) is 15.4. The topological polar surface area (TPSA) is 28.2 Å². The van der Waals surface area contributed by atoms with Crippen molar-refractivity contribution >= 4 is 11.3 Å². The van der Waals surface area contributed by atoms with E-state index in [9.17, 15) is 0 Å². The van der Waals surface area contributed by atoms with Crippen molar-refractivity contribution in [2.24, 2.45) is 0 Å². The Kier molecular flexibility index (Phi) is 4.67. The van der Waals surface area contributed by atoms with Crippen LogP contribution in [0.4, 0.5) is 0 Å². The minimum absolute atomic E-state index is 0.379. The number of hydrogen-bond donors (Lipinski definition) is 1. The summed E-state index contributed by atoms with van der Waals surface area (Å²) >= 11 is 1.88. The number of hydrogen-bond acceptors (Lipinski definition) is 4. The van der Waals surface area contributed by atoms with Gasteiger partial charge in [0.2, 0.25) is 0 Å². The molecule has 2 fully saturated rings. The third kappa shape index (κ3) is 3.49. The van der Waals surface area contributed by atoms with Gasteiger partial charge in [0, 0.05) is 23.0 Å². The molecule has 3 rings (SSSR count). The smallest absolute Gasteiger partial charge is 0.107 e. The number of thiazole rings is 1. The van der Waals surface area contributed by atoms with Crippen LogP contribution < -0.4 is 5.32 Å². The van der Waals surface area contributed by atoms with Crippen LogP contribution in [0.15, 0.2) is 0 Å². The molecule has 1 saturated heterocycles. The molecule has 1 aliphatic heterocycles. The molecule has 1 aromatic heterocycles. The maximum Gasteiger partial charge on any atom is 0.107 e. The average molecular weight is 308 g/mol. The lowest BCUT2D eigenvalue weighted by atomic mass is 9.81. The van der Waals surface area contributed by atoms with Gasteiger partial charge in [0.15, 0.2) is 0 Å². The number of nitrogens with one attached hydrogen (secondary N) is 1. The van der Waals surface area contributed by atoms with Crippen molar-refractivity contribution in [1.29, 1.82) is 0 Å². The second kappa shape index (κ2) is 6.35. The van der Waals surface area contributed by atoms with E-state index in [1.165, 1.54) is 67.2 Å². The normalized spacial score (nSPS) is 26.9. The summed E-state index contributed by atoms with van der Waals surface area (Å²) in [5, 5.41) is 5.20. The summed E-state index contributed by atoms with van der Waals surface area (Å²) in [6.45, 7) is 10.1.